The highest BCUT2D eigenvalue weighted by atomic mass is 14.9. The van der Waals surface area contributed by atoms with Gasteiger partial charge in [-0.25, -0.2) is 0 Å². The van der Waals surface area contributed by atoms with Gasteiger partial charge < -0.3 is 5.32 Å². The van der Waals surface area contributed by atoms with E-state index in [1.54, 1.807) is 0 Å². The van der Waals surface area contributed by atoms with Crippen LogP contribution >= 0.6 is 0 Å². The van der Waals surface area contributed by atoms with Gasteiger partial charge in [0.2, 0.25) is 0 Å². The van der Waals surface area contributed by atoms with Gasteiger partial charge in [-0.15, -0.1) is 0 Å². The van der Waals surface area contributed by atoms with Crippen LogP contribution in [0.1, 0.15) is 44.7 Å². The van der Waals surface area contributed by atoms with Crippen LogP contribution in [0.2, 0.25) is 0 Å². The lowest BCUT2D eigenvalue weighted by atomic mass is 10.1. The molecule has 0 spiro atoms. The molecule has 78 valence electrons. The molecule has 0 aliphatic rings. The summed E-state index contributed by atoms with van der Waals surface area (Å²) >= 11 is 0. The number of hydrogen-bond donors (Lipinski definition) is 1. The van der Waals surface area contributed by atoms with E-state index >= 15 is 0 Å². The number of nitrogens with zero attached hydrogens (tertiary/aromatic N) is 1. The maximum atomic E-state index is 4.11. The zero-order chi connectivity index (χ0) is 10.2. The smallest absolute Gasteiger partial charge is 0.0315 e. The molecule has 0 aliphatic carbocycles. The van der Waals surface area contributed by atoms with Gasteiger partial charge in [-0.3, -0.25) is 4.98 Å². The first-order valence-corrected chi connectivity index (χ1v) is 5.48. The molecular weight excluding hydrogens is 172 g/mol. The minimum absolute atomic E-state index is 0.417. The van der Waals surface area contributed by atoms with E-state index in [0.29, 0.717) is 6.04 Å². The lowest BCUT2D eigenvalue weighted by molar-refractivity contribution is 0.543. The molecule has 0 aliphatic heterocycles. The fraction of sp³-hybridized carbons (Fsp3) is 0.583. The lowest BCUT2D eigenvalue weighted by Gasteiger charge is -2.13. The quantitative estimate of drug-likeness (QED) is 0.701. The molecule has 1 atom stereocenters. The molecule has 0 radical (unpaired) electrons. The van der Waals surface area contributed by atoms with Gasteiger partial charge in [0, 0.05) is 18.4 Å². The maximum Gasteiger partial charge on any atom is 0.0315 e. The number of hydrogen-bond acceptors (Lipinski definition) is 2. The summed E-state index contributed by atoms with van der Waals surface area (Å²) in [5, 5.41) is 3.49. The van der Waals surface area contributed by atoms with Crippen LogP contribution in [0.15, 0.2) is 24.5 Å². The van der Waals surface area contributed by atoms with Crippen molar-refractivity contribution in [3.8, 4) is 0 Å². The normalized spacial score (nSPS) is 12.7. The van der Waals surface area contributed by atoms with E-state index in [1.165, 1.54) is 24.8 Å². The van der Waals surface area contributed by atoms with Gasteiger partial charge in [0.1, 0.15) is 0 Å². The van der Waals surface area contributed by atoms with E-state index in [-0.39, 0.29) is 0 Å². The first-order valence-electron chi connectivity index (χ1n) is 5.48. The van der Waals surface area contributed by atoms with Crippen molar-refractivity contribution in [2.75, 3.05) is 6.54 Å². The molecular formula is C12H20N2. The largest absolute Gasteiger partial charge is 0.310 e. The van der Waals surface area contributed by atoms with Crippen molar-refractivity contribution in [1.82, 2.24) is 10.3 Å². The Labute approximate surface area is 86.8 Å². The van der Waals surface area contributed by atoms with Crippen molar-refractivity contribution in [3.05, 3.63) is 30.1 Å². The van der Waals surface area contributed by atoms with Crippen molar-refractivity contribution in [1.29, 1.82) is 0 Å². The fourth-order valence-electron chi connectivity index (χ4n) is 1.44. The van der Waals surface area contributed by atoms with Crippen LogP contribution in [0.5, 0.6) is 0 Å². The zero-order valence-electron chi connectivity index (χ0n) is 9.16. The molecule has 0 aromatic carbocycles. The Hall–Kier alpha value is -0.890. The van der Waals surface area contributed by atoms with E-state index in [4.69, 9.17) is 0 Å². The Bertz CT molecular complexity index is 233. The van der Waals surface area contributed by atoms with Crippen molar-refractivity contribution < 1.29 is 0 Å². The highest BCUT2D eigenvalue weighted by molar-refractivity contribution is 5.12. The predicted octanol–water partition coefficient (Wildman–Crippen LogP) is 2.92. The van der Waals surface area contributed by atoms with Crippen LogP contribution in [0.3, 0.4) is 0 Å². The van der Waals surface area contributed by atoms with Crippen LogP contribution < -0.4 is 5.32 Å². The summed E-state index contributed by atoms with van der Waals surface area (Å²) in [6, 6.07) is 4.52. The Kier molecular flexibility index (Phi) is 5.23. The number of aromatic nitrogens is 1. The average Bonchev–Trinajstić information content (AvgIpc) is 2.25. The van der Waals surface area contributed by atoms with Gasteiger partial charge in [0.05, 0.1) is 0 Å². The van der Waals surface area contributed by atoms with Crippen molar-refractivity contribution in [2.24, 2.45) is 0 Å². The summed E-state index contributed by atoms with van der Waals surface area (Å²) in [7, 11) is 0. The van der Waals surface area contributed by atoms with E-state index < -0.39 is 0 Å². The number of rotatable bonds is 6. The molecule has 0 amide bonds. The van der Waals surface area contributed by atoms with Crippen molar-refractivity contribution in [2.45, 2.75) is 39.2 Å². The third-order valence-electron chi connectivity index (χ3n) is 2.42. The number of pyridine rings is 1. The molecule has 0 saturated carbocycles. The lowest BCUT2D eigenvalue weighted by Crippen LogP contribution is -2.19. The van der Waals surface area contributed by atoms with E-state index in [1.807, 2.05) is 18.5 Å². The summed E-state index contributed by atoms with van der Waals surface area (Å²) < 4.78 is 0. The summed E-state index contributed by atoms with van der Waals surface area (Å²) in [4.78, 5) is 4.11. The minimum Gasteiger partial charge on any atom is -0.310 e. The molecule has 2 nitrogen and oxygen atoms in total. The molecule has 1 N–H and O–H groups in total. The first kappa shape index (κ1) is 11.2. The van der Waals surface area contributed by atoms with E-state index in [0.717, 1.165) is 6.54 Å². The van der Waals surface area contributed by atoms with Gasteiger partial charge in [0.25, 0.3) is 0 Å². The van der Waals surface area contributed by atoms with E-state index in [2.05, 4.69) is 30.2 Å². The van der Waals surface area contributed by atoms with Crippen LogP contribution in [0.4, 0.5) is 0 Å². The molecule has 1 heterocycles. The summed E-state index contributed by atoms with van der Waals surface area (Å²) in [6.07, 6.45) is 7.60. The fourth-order valence-corrected chi connectivity index (χ4v) is 1.44. The molecule has 1 rings (SSSR count). The molecule has 14 heavy (non-hydrogen) atoms. The van der Waals surface area contributed by atoms with Gasteiger partial charge in [0.15, 0.2) is 0 Å². The molecule has 1 aromatic heterocycles. The van der Waals surface area contributed by atoms with Crippen molar-refractivity contribution >= 4 is 0 Å². The second kappa shape index (κ2) is 6.55. The van der Waals surface area contributed by atoms with Crippen LogP contribution in [0, 0.1) is 0 Å². The summed E-state index contributed by atoms with van der Waals surface area (Å²) in [6.45, 7) is 5.51. The third kappa shape index (κ3) is 3.88. The second-order valence-electron chi connectivity index (χ2n) is 3.67. The predicted molar refractivity (Wildman–Crippen MR) is 60.2 cm³/mol. The summed E-state index contributed by atoms with van der Waals surface area (Å²) in [5.74, 6) is 0. The second-order valence-corrected chi connectivity index (χ2v) is 3.67. The highest BCUT2D eigenvalue weighted by Gasteiger charge is 2.02. The standard InChI is InChI=1S/C12H20N2/c1-3-4-5-9-14-11(2)12-7-6-8-13-10-12/h6-8,10-11,14H,3-5,9H2,1-2H3. The summed E-state index contributed by atoms with van der Waals surface area (Å²) in [5.41, 5.74) is 1.27. The first-order chi connectivity index (χ1) is 6.84. The molecule has 1 aromatic rings. The van der Waals surface area contributed by atoms with Crippen LogP contribution in [-0.4, -0.2) is 11.5 Å². The monoisotopic (exact) mass is 192 g/mol. The van der Waals surface area contributed by atoms with Crippen LogP contribution in [-0.2, 0) is 0 Å². The van der Waals surface area contributed by atoms with Gasteiger partial charge in [-0.05, 0) is 31.5 Å². The Morgan fingerprint density at radius 3 is 2.93 bits per heavy atom. The molecule has 0 fully saturated rings. The Morgan fingerprint density at radius 2 is 2.29 bits per heavy atom. The van der Waals surface area contributed by atoms with Gasteiger partial charge >= 0.3 is 0 Å². The Morgan fingerprint density at radius 1 is 1.43 bits per heavy atom. The maximum absolute atomic E-state index is 4.11. The number of nitrogens with one attached hydrogen (secondary N) is 1. The molecule has 0 saturated heterocycles. The van der Waals surface area contributed by atoms with Gasteiger partial charge in [-0.2, -0.15) is 0 Å². The average molecular weight is 192 g/mol. The molecule has 1 unspecified atom stereocenters. The number of unbranched alkanes of at least 4 members (excludes halogenated alkanes) is 2. The van der Waals surface area contributed by atoms with E-state index in [9.17, 15) is 0 Å². The minimum atomic E-state index is 0.417. The molecule has 0 bridgehead atoms. The third-order valence-corrected chi connectivity index (χ3v) is 2.42. The zero-order valence-corrected chi connectivity index (χ0v) is 9.16. The SMILES string of the molecule is CCCCCNC(C)c1cccnc1. The van der Waals surface area contributed by atoms with Gasteiger partial charge in [-0.1, -0.05) is 25.8 Å². The molecule has 2 heteroatoms. The highest BCUT2D eigenvalue weighted by Crippen LogP contribution is 2.09. The topological polar surface area (TPSA) is 24.9 Å². The van der Waals surface area contributed by atoms with Crippen molar-refractivity contribution in [3.63, 3.8) is 0 Å². The Balaban J connectivity index is 2.25. The van der Waals surface area contributed by atoms with Crippen LogP contribution in [0.25, 0.3) is 0 Å².